The number of hydrogen-bond donors (Lipinski definition) is 1. The lowest BCUT2D eigenvalue weighted by Crippen LogP contribution is -2.35. The minimum Gasteiger partial charge on any atom is -0.481 e. The van der Waals surface area contributed by atoms with E-state index in [9.17, 15) is 4.79 Å². The Balaban J connectivity index is 1.90. The van der Waals surface area contributed by atoms with E-state index in [0.717, 1.165) is 43.3 Å². The molecule has 0 aliphatic carbocycles. The Hall–Kier alpha value is -1.17. The molecule has 1 fully saturated rings. The minimum atomic E-state index is -0.700. The highest BCUT2D eigenvalue weighted by Crippen LogP contribution is 2.26. The van der Waals surface area contributed by atoms with Crippen molar-refractivity contribution in [2.45, 2.75) is 32.6 Å². The highest BCUT2D eigenvalue weighted by Gasteiger charge is 2.22. The second kappa shape index (κ2) is 5.44. The Morgan fingerprint density at radius 1 is 1.65 bits per heavy atom. The molecule has 1 N–H and O–H groups in total. The number of piperidine rings is 1. The van der Waals surface area contributed by atoms with Crippen molar-refractivity contribution >= 4 is 22.6 Å². The van der Waals surface area contributed by atoms with Gasteiger partial charge < -0.3 is 10.0 Å². The molecule has 0 saturated carbocycles. The quantitative estimate of drug-likeness (QED) is 0.890. The molecule has 1 atom stereocenters. The van der Waals surface area contributed by atoms with Crippen molar-refractivity contribution in [3.05, 3.63) is 5.82 Å². The first-order chi connectivity index (χ1) is 8.15. The average Bonchev–Trinajstić information content (AvgIpc) is 2.74. The second-order valence-electron chi connectivity index (χ2n) is 4.51. The third-order valence-corrected chi connectivity index (χ3v) is 3.94. The van der Waals surface area contributed by atoms with Crippen molar-refractivity contribution in [1.82, 2.24) is 9.36 Å². The van der Waals surface area contributed by atoms with E-state index in [2.05, 4.69) is 14.3 Å². The van der Waals surface area contributed by atoms with Crippen molar-refractivity contribution in [2.75, 3.05) is 18.0 Å². The van der Waals surface area contributed by atoms with Crippen LogP contribution in [0.1, 0.15) is 31.5 Å². The Morgan fingerprint density at radius 2 is 2.47 bits per heavy atom. The molecule has 2 rings (SSSR count). The Kier molecular flexibility index (Phi) is 3.93. The fourth-order valence-corrected chi connectivity index (χ4v) is 2.93. The zero-order valence-electron chi connectivity index (χ0n) is 9.93. The van der Waals surface area contributed by atoms with E-state index in [1.807, 2.05) is 6.92 Å². The SMILES string of the molecule is Cc1nsc(N2CCCC(CCC(=O)O)C2)n1. The molecule has 0 bridgehead atoms. The summed E-state index contributed by atoms with van der Waals surface area (Å²) in [6.07, 6.45) is 3.28. The first kappa shape index (κ1) is 12.3. The van der Waals surface area contributed by atoms with Crippen molar-refractivity contribution in [1.29, 1.82) is 0 Å². The van der Waals surface area contributed by atoms with Crippen LogP contribution in [0.3, 0.4) is 0 Å². The molecule has 1 aromatic heterocycles. The molecule has 1 aromatic rings. The summed E-state index contributed by atoms with van der Waals surface area (Å²) < 4.78 is 4.19. The van der Waals surface area contributed by atoms with Gasteiger partial charge in [-0.15, -0.1) is 0 Å². The molecule has 0 aromatic carbocycles. The normalized spacial score (nSPS) is 20.5. The molecule has 1 saturated heterocycles. The summed E-state index contributed by atoms with van der Waals surface area (Å²) in [6.45, 7) is 3.83. The Labute approximate surface area is 105 Å². The van der Waals surface area contributed by atoms with Gasteiger partial charge in [-0.3, -0.25) is 4.79 Å². The maximum Gasteiger partial charge on any atom is 0.303 e. The zero-order chi connectivity index (χ0) is 12.3. The van der Waals surface area contributed by atoms with Gasteiger partial charge in [0, 0.05) is 31.0 Å². The van der Waals surface area contributed by atoms with Gasteiger partial charge in [0.1, 0.15) is 5.82 Å². The number of carbonyl (C=O) groups is 1. The second-order valence-corrected chi connectivity index (χ2v) is 5.24. The van der Waals surface area contributed by atoms with Gasteiger partial charge in [0.25, 0.3) is 0 Å². The summed E-state index contributed by atoms with van der Waals surface area (Å²) in [6, 6.07) is 0. The predicted molar refractivity (Wildman–Crippen MR) is 66.5 cm³/mol. The van der Waals surface area contributed by atoms with Crippen LogP contribution >= 0.6 is 11.5 Å². The standard InChI is InChI=1S/C11H17N3O2S/c1-8-12-11(17-13-8)14-6-2-3-9(7-14)4-5-10(15)16/h9H,2-7H2,1H3,(H,15,16). The average molecular weight is 255 g/mol. The van der Waals surface area contributed by atoms with E-state index in [1.165, 1.54) is 11.5 Å². The Bertz CT molecular complexity index is 394. The maximum atomic E-state index is 10.6. The number of hydrogen-bond acceptors (Lipinski definition) is 5. The smallest absolute Gasteiger partial charge is 0.303 e. The monoisotopic (exact) mass is 255 g/mol. The summed E-state index contributed by atoms with van der Waals surface area (Å²) in [5.41, 5.74) is 0. The fourth-order valence-electron chi connectivity index (χ4n) is 2.22. The van der Waals surface area contributed by atoms with Gasteiger partial charge in [-0.1, -0.05) is 0 Å². The van der Waals surface area contributed by atoms with Gasteiger partial charge in [0.2, 0.25) is 5.13 Å². The largest absolute Gasteiger partial charge is 0.481 e. The lowest BCUT2D eigenvalue weighted by atomic mass is 9.94. The molecule has 0 radical (unpaired) electrons. The lowest BCUT2D eigenvalue weighted by Gasteiger charge is -2.32. The number of aromatic nitrogens is 2. The van der Waals surface area contributed by atoms with Crippen LogP contribution in [0.25, 0.3) is 0 Å². The fraction of sp³-hybridized carbons (Fsp3) is 0.727. The third kappa shape index (κ3) is 3.39. The van der Waals surface area contributed by atoms with E-state index in [0.29, 0.717) is 5.92 Å². The van der Waals surface area contributed by atoms with Crippen LogP contribution in [0.15, 0.2) is 0 Å². The van der Waals surface area contributed by atoms with Crippen LogP contribution in [0.4, 0.5) is 5.13 Å². The van der Waals surface area contributed by atoms with Gasteiger partial charge in [-0.25, -0.2) is 4.98 Å². The number of carboxylic acids is 1. The van der Waals surface area contributed by atoms with Gasteiger partial charge in [-0.05, 0) is 32.1 Å². The molecule has 0 spiro atoms. The van der Waals surface area contributed by atoms with Crippen molar-refractivity contribution < 1.29 is 9.90 Å². The molecule has 2 heterocycles. The van der Waals surface area contributed by atoms with Crippen molar-refractivity contribution in [3.63, 3.8) is 0 Å². The van der Waals surface area contributed by atoms with Crippen LogP contribution in [-0.4, -0.2) is 33.5 Å². The molecule has 1 aliphatic rings. The highest BCUT2D eigenvalue weighted by atomic mass is 32.1. The molecule has 5 nitrogen and oxygen atoms in total. The molecule has 1 aliphatic heterocycles. The Morgan fingerprint density at radius 3 is 3.12 bits per heavy atom. The van der Waals surface area contributed by atoms with Crippen molar-refractivity contribution in [3.8, 4) is 0 Å². The number of anilines is 1. The number of rotatable bonds is 4. The summed E-state index contributed by atoms with van der Waals surface area (Å²) in [5.74, 6) is 0.593. The first-order valence-electron chi connectivity index (χ1n) is 5.92. The molecular weight excluding hydrogens is 238 g/mol. The first-order valence-corrected chi connectivity index (χ1v) is 6.69. The highest BCUT2D eigenvalue weighted by molar-refractivity contribution is 7.09. The molecule has 17 heavy (non-hydrogen) atoms. The van der Waals surface area contributed by atoms with Crippen LogP contribution < -0.4 is 4.90 Å². The van der Waals surface area contributed by atoms with E-state index < -0.39 is 5.97 Å². The topological polar surface area (TPSA) is 66.3 Å². The van der Waals surface area contributed by atoms with Crippen LogP contribution in [0, 0.1) is 12.8 Å². The third-order valence-electron chi connectivity index (χ3n) is 3.07. The summed E-state index contributed by atoms with van der Waals surface area (Å²) in [5, 5.41) is 9.67. The van der Waals surface area contributed by atoms with Gasteiger partial charge in [-0.2, -0.15) is 4.37 Å². The molecule has 6 heteroatoms. The number of aliphatic carboxylic acids is 1. The van der Waals surface area contributed by atoms with Crippen molar-refractivity contribution in [2.24, 2.45) is 5.92 Å². The van der Waals surface area contributed by atoms with Crippen LogP contribution in [0.5, 0.6) is 0 Å². The van der Waals surface area contributed by atoms with Gasteiger partial charge in [0.05, 0.1) is 0 Å². The zero-order valence-corrected chi connectivity index (χ0v) is 10.7. The number of aryl methyl sites for hydroxylation is 1. The summed E-state index contributed by atoms with van der Waals surface area (Å²) in [7, 11) is 0. The van der Waals surface area contributed by atoms with E-state index in [1.54, 1.807) is 0 Å². The van der Waals surface area contributed by atoms with E-state index in [-0.39, 0.29) is 6.42 Å². The van der Waals surface area contributed by atoms with Crippen LogP contribution in [0.2, 0.25) is 0 Å². The van der Waals surface area contributed by atoms with E-state index >= 15 is 0 Å². The summed E-state index contributed by atoms with van der Waals surface area (Å²) in [4.78, 5) is 17.2. The molecule has 0 amide bonds. The van der Waals surface area contributed by atoms with E-state index in [4.69, 9.17) is 5.11 Å². The predicted octanol–water partition coefficient (Wildman–Crippen LogP) is 1.93. The summed E-state index contributed by atoms with van der Waals surface area (Å²) >= 11 is 1.43. The molecule has 94 valence electrons. The van der Waals surface area contributed by atoms with Gasteiger partial charge in [0.15, 0.2) is 0 Å². The molecule has 1 unspecified atom stereocenters. The minimum absolute atomic E-state index is 0.271. The number of nitrogens with zero attached hydrogens (tertiary/aromatic N) is 3. The van der Waals surface area contributed by atoms with Gasteiger partial charge >= 0.3 is 5.97 Å². The number of carboxylic acid groups (broad SMARTS) is 1. The molecular formula is C11H17N3O2S. The van der Waals surface area contributed by atoms with Crippen LogP contribution in [-0.2, 0) is 4.79 Å². The maximum absolute atomic E-state index is 10.6. The lowest BCUT2D eigenvalue weighted by molar-refractivity contribution is -0.137.